The van der Waals surface area contributed by atoms with Crippen LogP contribution < -0.4 is 0 Å². The highest BCUT2D eigenvalue weighted by Gasteiger charge is 2.03. The fraction of sp³-hybridized carbons (Fsp3) is 0.462. The molecule has 0 saturated carbocycles. The molecule has 82 valence electrons. The van der Waals surface area contributed by atoms with Gasteiger partial charge >= 0.3 is 0 Å². The van der Waals surface area contributed by atoms with Crippen LogP contribution in [0, 0.1) is 0 Å². The molecule has 0 aromatic heterocycles. The lowest BCUT2D eigenvalue weighted by molar-refractivity contribution is -0.115. The zero-order valence-corrected chi connectivity index (χ0v) is 10.4. The first-order valence-electron chi connectivity index (χ1n) is 5.23. The lowest BCUT2D eigenvalue weighted by Crippen LogP contribution is -2.05. The van der Waals surface area contributed by atoms with Crippen LogP contribution in [-0.4, -0.2) is 17.8 Å². The number of ketones is 1. The predicted molar refractivity (Wildman–Crippen MR) is 67.6 cm³/mol. The van der Waals surface area contributed by atoms with Gasteiger partial charge in [-0.2, -0.15) is 11.8 Å². The number of rotatable bonds is 5. The Morgan fingerprint density at radius 3 is 2.33 bits per heavy atom. The minimum atomic E-state index is 0.305. The van der Waals surface area contributed by atoms with Gasteiger partial charge < -0.3 is 0 Å². The van der Waals surface area contributed by atoms with E-state index in [9.17, 15) is 4.79 Å². The van der Waals surface area contributed by atoms with Gasteiger partial charge in [0.05, 0.1) is 5.75 Å². The van der Waals surface area contributed by atoms with E-state index in [0.29, 0.717) is 23.9 Å². The maximum absolute atomic E-state index is 11.4. The molecule has 0 N–H and O–H groups in total. The molecule has 15 heavy (non-hydrogen) atoms. The minimum Gasteiger partial charge on any atom is -0.298 e. The molecule has 0 aliphatic carbocycles. The van der Waals surface area contributed by atoms with Crippen molar-refractivity contribution in [3.8, 4) is 0 Å². The van der Waals surface area contributed by atoms with Crippen molar-refractivity contribution in [3.05, 3.63) is 35.4 Å². The van der Waals surface area contributed by atoms with Crippen LogP contribution in [0.3, 0.4) is 0 Å². The van der Waals surface area contributed by atoms with Crippen LogP contribution in [0.15, 0.2) is 24.3 Å². The molecule has 0 heterocycles. The number of hydrogen-bond acceptors (Lipinski definition) is 2. The van der Waals surface area contributed by atoms with Crippen molar-refractivity contribution in [1.29, 1.82) is 0 Å². The number of thioether (sulfide) groups is 1. The lowest BCUT2D eigenvalue weighted by Gasteiger charge is -2.06. The van der Waals surface area contributed by atoms with Crippen LogP contribution in [0.1, 0.15) is 30.9 Å². The smallest absolute Gasteiger partial charge is 0.147 e. The summed E-state index contributed by atoms with van der Waals surface area (Å²) in [5.74, 6) is 1.48. The van der Waals surface area contributed by atoms with Crippen LogP contribution >= 0.6 is 11.8 Å². The van der Waals surface area contributed by atoms with Crippen LogP contribution in [0.2, 0.25) is 0 Å². The van der Waals surface area contributed by atoms with Gasteiger partial charge in [-0.3, -0.25) is 4.79 Å². The Hall–Kier alpha value is -0.760. The van der Waals surface area contributed by atoms with E-state index < -0.39 is 0 Å². The third-order valence-corrected chi connectivity index (χ3v) is 2.96. The normalized spacial score (nSPS) is 10.7. The predicted octanol–water partition coefficient (Wildman–Crippen LogP) is 3.28. The summed E-state index contributed by atoms with van der Waals surface area (Å²) in [6, 6.07) is 8.36. The molecule has 0 aliphatic heterocycles. The summed E-state index contributed by atoms with van der Waals surface area (Å²) >= 11 is 1.59. The van der Waals surface area contributed by atoms with Gasteiger partial charge in [0.15, 0.2) is 0 Å². The first-order valence-corrected chi connectivity index (χ1v) is 6.62. The summed E-state index contributed by atoms with van der Waals surface area (Å²) in [7, 11) is 0. The van der Waals surface area contributed by atoms with E-state index in [4.69, 9.17) is 0 Å². The molecule has 0 spiro atoms. The molecular formula is C13H18OS. The Bertz CT molecular complexity index is 314. The van der Waals surface area contributed by atoms with E-state index >= 15 is 0 Å². The highest BCUT2D eigenvalue weighted by atomic mass is 32.2. The number of benzene rings is 1. The quantitative estimate of drug-likeness (QED) is 0.760. The Kier molecular flexibility index (Phi) is 4.89. The van der Waals surface area contributed by atoms with E-state index in [1.165, 1.54) is 5.56 Å². The van der Waals surface area contributed by atoms with Gasteiger partial charge in [-0.1, -0.05) is 38.1 Å². The molecular weight excluding hydrogens is 204 g/mol. The Balaban J connectivity index is 2.60. The summed E-state index contributed by atoms with van der Waals surface area (Å²) in [5.41, 5.74) is 2.45. The van der Waals surface area contributed by atoms with Crippen molar-refractivity contribution >= 4 is 17.5 Å². The Labute approximate surface area is 96.3 Å². The molecule has 0 fully saturated rings. The summed E-state index contributed by atoms with van der Waals surface area (Å²) < 4.78 is 0. The van der Waals surface area contributed by atoms with E-state index in [1.54, 1.807) is 11.8 Å². The molecule has 0 aliphatic rings. The third-order valence-electron chi connectivity index (χ3n) is 2.35. The fourth-order valence-corrected chi connectivity index (χ4v) is 1.88. The van der Waals surface area contributed by atoms with Gasteiger partial charge in [0.1, 0.15) is 5.78 Å². The molecule has 1 nitrogen and oxygen atoms in total. The molecule has 1 aromatic rings. The minimum absolute atomic E-state index is 0.305. The Morgan fingerprint density at radius 2 is 1.87 bits per heavy atom. The summed E-state index contributed by atoms with van der Waals surface area (Å²) in [6.45, 7) is 4.35. The van der Waals surface area contributed by atoms with Crippen molar-refractivity contribution in [3.63, 3.8) is 0 Å². The van der Waals surface area contributed by atoms with E-state index in [1.807, 2.05) is 6.26 Å². The van der Waals surface area contributed by atoms with Crippen molar-refractivity contribution in [2.24, 2.45) is 0 Å². The molecule has 0 radical (unpaired) electrons. The number of Topliss-reactive ketones (excluding diaryl/α,β-unsaturated/α-hetero) is 1. The van der Waals surface area contributed by atoms with Gasteiger partial charge in [-0.05, 0) is 23.3 Å². The van der Waals surface area contributed by atoms with Crippen LogP contribution in [0.25, 0.3) is 0 Å². The van der Waals surface area contributed by atoms with E-state index in [0.717, 1.165) is 5.56 Å². The standard InChI is InChI=1S/C13H18OS/c1-10(2)12-6-4-11(5-7-12)8-13(14)9-15-3/h4-7,10H,8-9H2,1-3H3. The SMILES string of the molecule is CSCC(=O)Cc1ccc(C(C)C)cc1. The molecule has 0 bridgehead atoms. The van der Waals surface area contributed by atoms with Gasteiger partial charge in [0.2, 0.25) is 0 Å². The molecule has 1 aromatic carbocycles. The van der Waals surface area contributed by atoms with Crippen LogP contribution in [0.4, 0.5) is 0 Å². The summed E-state index contributed by atoms with van der Waals surface area (Å²) in [5, 5.41) is 0. The van der Waals surface area contributed by atoms with E-state index in [-0.39, 0.29) is 0 Å². The molecule has 1 rings (SSSR count). The first kappa shape index (κ1) is 12.3. The monoisotopic (exact) mass is 222 g/mol. The second-order valence-electron chi connectivity index (χ2n) is 4.04. The second-order valence-corrected chi connectivity index (χ2v) is 4.91. The molecule has 0 atom stereocenters. The van der Waals surface area contributed by atoms with Crippen molar-refractivity contribution in [1.82, 2.24) is 0 Å². The zero-order valence-electron chi connectivity index (χ0n) is 9.62. The van der Waals surface area contributed by atoms with E-state index in [2.05, 4.69) is 38.1 Å². The first-order chi connectivity index (χ1) is 7.13. The number of hydrogen-bond donors (Lipinski definition) is 0. The molecule has 0 saturated heterocycles. The van der Waals surface area contributed by atoms with Gasteiger partial charge in [0, 0.05) is 6.42 Å². The van der Waals surface area contributed by atoms with Gasteiger partial charge in [-0.15, -0.1) is 0 Å². The topological polar surface area (TPSA) is 17.1 Å². The number of carbonyl (C=O) groups excluding carboxylic acids is 1. The van der Waals surface area contributed by atoms with Gasteiger partial charge in [0.25, 0.3) is 0 Å². The van der Waals surface area contributed by atoms with Crippen LogP contribution in [-0.2, 0) is 11.2 Å². The van der Waals surface area contributed by atoms with Crippen molar-refractivity contribution < 1.29 is 4.79 Å². The van der Waals surface area contributed by atoms with Crippen molar-refractivity contribution in [2.75, 3.05) is 12.0 Å². The highest BCUT2D eigenvalue weighted by molar-refractivity contribution is 7.99. The summed E-state index contributed by atoms with van der Waals surface area (Å²) in [4.78, 5) is 11.4. The van der Waals surface area contributed by atoms with Crippen molar-refractivity contribution in [2.45, 2.75) is 26.2 Å². The Morgan fingerprint density at radius 1 is 1.27 bits per heavy atom. The maximum atomic E-state index is 11.4. The fourth-order valence-electron chi connectivity index (χ4n) is 1.46. The molecule has 0 unspecified atom stereocenters. The average Bonchev–Trinajstić information content (AvgIpc) is 2.18. The van der Waals surface area contributed by atoms with Gasteiger partial charge in [-0.25, -0.2) is 0 Å². The second kappa shape index (κ2) is 5.96. The maximum Gasteiger partial charge on any atom is 0.147 e. The largest absolute Gasteiger partial charge is 0.298 e. The lowest BCUT2D eigenvalue weighted by atomic mass is 10.0. The molecule has 2 heteroatoms. The third kappa shape index (κ3) is 4.08. The highest BCUT2D eigenvalue weighted by Crippen LogP contribution is 2.15. The zero-order chi connectivity index (χ0) is 11.3. The summed E-state index contributed by atoms with van der Waals surface area (Å²) in [6.07, 6.45) is 2.53. The molecule has 0 amide bonds. The average molecular weight is 222 g/mol. The number of carbonyl (C=O) groups is 1. The van der Waals surface area contributed by atoms with Crippen LogP contribution in [0.5, 0.6) is 0 Å².